The van der Waals surface area contributed by atoms with E-state index < -0.39 is 11.0 Å². The van der Waals surface area contributed by atoms with Crippen molar-refractivity contribution >= 4 is 17.5 Å². The Balaban J connectivity index is 2.27. The van der Waals surface area contributed by atoms with Crippen molar-refractivity contribution in [3.8, 4) is 0 Å². The minimum Gasteiger partial charge on any atom is -0.354 e. The lowest BCUT2D eigenvalue weighted by Gasteiger charge is -2.29. The van der Waals surface area contributed by atoms with Gasteiger partial charge in [-0.15, -0.1) is 0 Å². The number of amides is 2. The molecule has 7 heteroatoms. The first-order valence-electron chi connectivity index (χ1n) is 9.68. The van der Waals surface area contributed by atoms with Gasteiger partial charge in [-0.2, -0.15) is 0 Å². The van der Waals surface area contributed by atoms with Crippen molar-refractivity contribution < 1.29 is 14.5 Å². The first kappa shape index (κ1) is 22.1. The second kappa shape index (κ2) is 10.4. The second-order valence-corrected chi connectivity index (χ2v) is 7.04. The van der Waals surface area contributed by atoms with Gasteiger partial charge in [0.2, 0.25) is 11.8 Å². The monoisotopic (exact) mass is 397 g/mol. The maximum absolute atomic E-state index is 13.1. The largest absolute Gasteiger partial charge is 0.354 e. The Morgan fingerprint density at radius 3 is 2.41 bits per heavy atom. The molecule has 2 aromatic carbocycles. The molecular weight excluding hydrogens is 370 g/mol. The van der Waals surface area contributed by atoms with Crippen LogP contribution in [0.25, 0.3) is 0 Å². The summed E-state index contributed by atoms with van der Waals surface area (Å²) in [6, 6.07) is 13.2. The molecule has 0 radical (unpaired) electrons. The average Bonchev–Trinajstić information content (AvgIpc) is 2.71. The number of nitro groups is 1. The Morgan fingerprint density at radius 1 is 1.14 bits per heavy atom. The van der Waals surface area contributed by atoms with Gasteiger partial charge in [0.1, 0.15) is 6.04 Å². The van der Waals surface area contributed by atoms with E-state index in [-0.39, 0.29) is 30.5 Å². The zero-order valence-electron chi connectivity index (χ0n) is 17.1. The molecule has 0 saturated heterocycles. The van der Waals surface area contributed by atoms with Gasteiger partial charge in [-0.25, -0.2) is 0 Å². The molecule has 0 aliphatic rings. The van der Waals surface area contributed by atoms with Gasteiger partial charge in [0.25, 0.3) is 5.69 Å². The molecule has 0 aliphatic carbocycles. The van der Waals surface area contributed by atoms with E-state index in [4.69, 9.17) is 0 Å². The minimum atomic E-state index is -0.696. The van der Waals surface area contributed by atoms with Crippen LogP contribution in [-0.4, -0.2) is 34.2 Å². The van der Waals surface area contributed by atoms with Crippen LogP contribution in [0.1, 0.15) is 37.0 Å². The van der Waals surface area contributed by atoms with Crippen molar-refractivity contribution in [2.45, 2.75) is 46.2 Å². The van der Waals surface area contributed by atoms with Crippen molar-refractivity contribution in [2.24, 2.45) is 0 Å². The number of carbonyl (C=O) groups excluding carboxylic acids is 2. The molecule has 1 N–H and O–H groups in total. The van der Waals surface area contributed by atoms with E-state index in [1.807, 2.05) is 38.1 Å². The molecule has 29 heavy (non-hydrogen) atoms. The quantitative estimate of drug-likeness (QED) is 0.518. The average molecular weight is 397 g/mol. The fourth-order valence-electron chi connectivity index (χ4n) is 2.97. The van der Waals surface area contributed by atoms with Gasteiger partial charge in [0.05, 0.1) is 11.3 Å². The number of nitrogens with zero attached hydrogens (tertiary/aromatic N) is 2. The molecule has 0 fully saturated rings. The molecule has 2 rings (SSSR count). The summed E-state index contributed by atoms with van der Waals surface area (Å²) >= 11 is 0. The Morgan fingerprint density at radius 2 is 1.79 bits per heavy atom. The third-order valence-corrected chi connectivity index (χ3v) is 4.72. The summed E-state index contributed by atoms with van der Waals surface area (Å²) in [6.07, 6.45) is 0.648. The zero-order valence-corrected chi connectivity index (χ0v) is 17.1. The van der Waals surface area contributed by atoms with Crippen LogP contribution in [0.2, 0.25) is 0 Å². The standard InChI is InChI=1S/C22H27N3O4/c1-4-13-23-22(27)17(3)24(15-18-11-9-16(2)10-12-18)21(26)14-19-7-5-6-8-20(19)25(28)29/h5-12,17H,4,13-15H2,1-3H3,(H,23,27)/t17-/m0/s1. The molecule has 7 nitrogen and oxygen atoms in total. The predicted molar refractivity (Wildman–Crippen MR) is 111 cm³/mol. The lowest BCUT2D eigenvalue weighted by molar-refractivity contribution is -0.385. The highest BCUT2D eigenvalue weighted by Gasteiger charge is 2.27. The van der Waals surface area contributed by atoms with E-state index in [9.17, 15) is 19.7 Å². The highest BCUT2D eigenvalue weighted by Crippen LogP contribution is 2.20. The summed E-state index contributed by atoms with van der Waals surface area (Å²) in [4.78, 5) is 37.9. The van der Waals surface area contributed by atoms with Crippen molar-refractivity contribution in [2.75, 3.05) is 6.54 Å². The van der Waals surface area contributed by atoms with Crippen molar-refractivity contribution in [1.29, 1.82) is 0 Å². The Kier molecular flexibility index (Phi) is 7.88. The SMILES string of the molecule is CCCNC(=O)[C@H](C)N(Cc1ccc(C)cc1)C(=O)Cc1ccccc1[N+](=O)[O-]. The van der Waals surface area contributed by atoms with Crippen LogP contribution in [0, 0.1) is 17.0 Å². The van der Waals surface area contributed by atoms with Crippen LogP contribution in [0.4, 0.5) is 5.69 Å². The molecule has 0 spiro atoms. The van der Waals surface area contributed by atoms with Crippen LogP contribution < -0.4 is 5.32 Å². The molecule has 0 aromatic heterocycles. The number of carbonyl (C=O) groups is 2. The number of nitrogens with one attached hydrogen (secondary N) is 1. The van der Waals surface area contributed by atoms with Gasteiger partial charge in [0.15, 0.2) is 0 Å². The van der Waals surface area contributed by atoms with Gasteiger partial charge >= 0.3 is 0 Å². The van der Waals surface area contributed by atoms with Crippen molar-refractivity contribution in [3.63, 3.8) is 0 Å². The molecular formula is C22H27N3O4. The summed E-state index contributed by atoms with van der Waals surface area (Å²) in [5.41, 5.74) is 2.22. The highest BCUT2D eigenvalue weighted by atomic mass is 16.6. The molecule has 0 unspecified atom stereocenters. The Hall–Kier alpha value is -3.22. The van der Waals surface area contributed by atoms with Crippen LogP contribution in [0.5, 0.6) is 0 Å². The van der Waals surface area contributed by atoms with Crippen LogP contribution >= 0.6 is 0 Å². The van der Waals surface area contributed by atoms with Gasteiger partial charge in [0, 0.05) is 24.7 Å². The molecule has 2 amide bonds. The van der Waals surface area contributed by atoms with Gasteiger partial charge in [-0.1, -0.05) is 55.0 Å². The summed E-state index contributed by atoms with van der Waals surface area (Å²) in [7, 11) is 0. The molecule has 0 bridgehead atoms. The first-order valence-corrected chi connectivity index (χ1v) is 9.68. The van der Waals surface area contributed by atoms with Gasteiger partial charge in [-0.05, 0) is 25.8 Å². The zero-order chi connectivity index (χ0) is 21.4. The maximum atomic E-state index is 13.1. The number of para-hydroxylation sites is 1. The van der Waals surface area contributed by atoms with Crippen molar-refractivity contribution in [1.82, 2.24) is 10.2 Å². The number of hydrogen-bond acceptors (Lipinski definition) is 4. The van der Waals surface area contributed by atoms with Gasteiger partial charge < -0.3 is 10.2 Å². The van der Waals surface area contributed by atoms with Crippen molar-refractivity contribution in [3.05, 3.63) is 75.3 Å². The van der Waals surface area contributed by atoms with E-state index in [0.29, 0.717) is 12.1 Å². The van der Waals surface area contributed by atoms with Crippen LogP contribution in [-0.2, 0) is 22.6 Å². The predicted octanol–water partition coefficient (Wildman–Crippen LogP) is 3.39. The Bertz CT molecular complexity index is 865. The third kappa shape index (κ3) is 6.14. The second-order valence-electron chi connectivity index (χ2n) is 7.04. The van der Waals surface area contributed by atoms with E-state index >= 15 is 0 Å². The van der Waals surface area contributed by atoms with Crippen LogP contribution in [0.15, 0.2) is 48.5 Å². The fourth-order valence-corrected chi connectivity index (χ4v) is 2.97. The molecule has 2 aromatic rings. The number of benzene rings is 2. The number of hydrogen-bond donors (Lipinski definition) is 1. The molecule has 154 valence electrons. The first-order chi connectivity index (χ1) is 13.8. The number of aryl methyl sites for hydroxylation is 1. The molecule has 0 saturated carbocycles. The summed E-state index contributed by atoms with van der Waals surface area (Å²) in [5, 5.41) is 14.1. The van der Waals surface area contributed by atoms with E-state index in [0.717, 1.165) is 17.5 Å². The fraction of sp³-hybridized carbons (Fsp3) is 0.364. The third-order valence-electron chi connectivity index (χ3n) is 4.72. The lowest BCUT2D eigenvalue weighted by Crippen LogP contribution is -2.48. The maximum Gasteiger partial charge on any atom is 0.273 e. The van der Waals surface area contributed by atoms with E-state index in [1.165, 1.54) is 11.0 Å². The van der Waals surface area contributed by atoms with E-state index in [1.54, 1.807) is 25.1 Å². The Labute approximate surface area is 170 Å². The summed E-state index contributed by atoms with van der Waals surface area (Å²) in [6.45, 7) is 6.38. The minimum absolute atomic E-state index is 0.0979. The van der Waals surface area contributed by atoms with Gasteiger partial charge in [-0.3, -0.25) is 19.7 Å². The normalized spacial score (nSPS) is 11.6. The lowest BCUT2D eigenvalue weighted by atomic mass is 10.1. The topological polar surface area (TPSA) is 92.6 Å². The van der Waals surface area contributed by atoms with Crippen LogP contribution in [0.3, 0.4) is 0 Å². The smallest absolute Gasteiger partial charge is 0.273 e. The highest BCUT2D eigenvalue weighted by molar-refractivity contribution is 5.88. The number of nitro benzene ring substituents is 1. The van der Waals surface area contributed by atoms with E-state index in [2.05, 4.69) is 5.32 Å². The molecule has 0 aliphatic heterocycles. The number of rotatable bonds is 9. The summed E-state index contributed by atoms with van der Waals surface area (Å²) < 4.78 is 0. The molecule has 0 heterocycles. The summed E-state index contributed by atoms with van der Waals surface area (Å²) in [5.74, 6) is -0.575. The molecule has 1 atom stereocenters.